The smallest absolute Gasteiger partial charge is 0.242 e. The van der Waals surface area contributed by atoms with Gasteiger partial charge in [0.1, 0.15) is 6.04 Å². The molecule has 4 rings (SSSR count). The molecule has 0 radical (unpaired) electrons. The molecule has 2 aromatic rings. The van der Waals surface area contributed by atoms with E-state index >= 15 is 0 Å². The van der Waals surface area contributed by atoms with Crippen LogP contribution in [-0.4, -0.2) is 47.2 Å². The molecule has 1 aromatic carbocycles. The van der Waals surface area contributed by atoms with Gasteiger partial charge in [-0.05, 0) is 17.5 Å². The summed E-state index contributed by atoms with van der Waals surface area (Å²) in [5.41, 5.74) is 2.81. The Hall–Kier alpha value is -2.74. The van der Waals surface area contributed by atoms with Crippen LogP contribution in [0, 0.1) is 0 Å². The molecule has 2 aliphatic heterocycles. The van der Waals surface area contributed by atoms with Crippen molar-refractivity contribution < 1.29 is 14.4 Å². The van der Waals surface area contributed by atoms with E-state index in [9.17, 15) is 14.4 Å². The minimum atomic E-state index is -0.523. The summed E-state index contributed by atoms with van der Waals surface area (Å²) in [5, 5.41) is 5.14. The van der Waals surface area contributed by atoms with Crippen LogP contribution in [0.2, 0.25) is 0 Å². The fourth-order valence-corrected chi connectivity index (χ4v) is 4.66. The number of amides is 3. The highest BCUT2D eigenvalue weighted by Crippen LogP contribution is 2.27. The van der Waals surface area contributed by atoms with Gasteiger partial charge >= 0.3 is 0 Å². The number of fused-ring (bicyclic) bond motifs is 1. The number of likely N-dealkylation sites (N-methyl/N-ethyl adjacent to an activating group) is 1. The molecule has 1 atom stereocenters. The first kappa shape index (κ1) is 18.6. The monoisotopic (exact) mass is 398 g/mol. The van der Waals surface area contributed by atoms with E-state index in [0.717, 1.165) is 17.5 Å². The molecule has 28 heavy (non-hydrogen) atoms. The topological polar surface area (TPSA) is 82.6 Å². The van der Waals surface area contributed by atoms with Crippen LogP contribution >= 0.6 is 11.3 Å². The van der Waals surface area contributed by atoms with Crippen molar-refractivity contribution in [3.8, 4) is 0 Å². The summed E-state index contributed by atoms with van der Waals surface area (Å²) in [6, 6.07) is 7.38. The van der Waals surface area contributed by atoms with Gasteiger partial charge in [-0.25, -0.2) is 4.98 Å². The van der Waals surface area contributed by atoms with Crippen molar-refractivity contribution in [1.29, 1.82) is 0 Å². The maximum absolute atomic E-state index is 13.0. The van der Waals surface area contributed by atoms with Gasteiger partial charge in [0.15, 0.2) is 5.13 Å². The summed E-state index contributed by atoms with van der Waals surface area (Å²) in [6.45, 7) is 1.09. The van der Waals surface area contributed by atoms with Crippen molar-refractivity contribution in [3.63, 3.8) is 0 Å². The Balaban J connectivity index is 1.52. The van der Waals surface area contributed by atoms with E-state index in [1.165, 1.54) is 11.3 Å². The normalized spacial score (nSPS) is 18.9. The summed E-state index contributed by atoms with van der Waals surface area (Å²) in [5.74, 6) is -0.211. The Kier molecular flexibility index (Phi) is 5.13. The summed E-state index contributed by atoms with van der Waals surface area (Å²) < 4.78 is 0. The average molecular weight is 398 g/mol. The van der Waals surface area contributed by atoms with Gasteiger partial charge in [-0.3, -0.25) is 19.3 Å². The van der Waals surface area contributed by atoms with Gasteiger partial charge in [0.2, 0.25) is 17.7 Å². The highest BCUT2D eigenvalue weighted by Gasteiger charge is 2.34. The maximum Gasteiger partial charge on any atom is 0.242 e. The molecule has 146 valence electrons. The molecule has 1 aromatic heterocycles. The number of carbonyl (C=O) groups is 3. The van der Waals surface area contributed by atoms with Crippen LogP contribution in [0.25, 0.3) is 0 Å². The molecular formula is C20H22N4O3S. The molecular weight excluding hydrogens is 376 g/mol. The Morgan fingerprint density at radius 1 is 1.29 bits per heavy atom. The molecule has 7 nitrogen and oxygen atoms in total. The second kappa shape index (κ2) is 7.71. The van der Waals surface area contributed by atoms with Gasteiger partial charge < -0.3 is 10.2 Å². The van der Waals surface area contributed by atoms with Crippen LogP contribution in [0.3, 0.4) is 0 Å². The number of nitrogens with zero attached hydrogens (tertiary/aromatic N) is 3. The highest BCUT2D eigenvalue weighted by atomic mass is 32.1. The second-order valence-corrected chi connectivity index (χ2v) is 7.91. The van der Waals surface area contributed by atoms with Gasteiger partial charge in [-0.1, -0.05) is 24.3 Å². The highest BCUT2D eigenvalue weighted by molar-refractivity contribution is 7.14. The average Bonchev–Trinajstić information content (AvgIpc) is 3.34. The molecule has 3 amide bonds. The standard InChI is InChI=1S/C20H22N4O3S/c1-21-19(27)16-9-13-5-2-3-6-14(13)11-24(16)18(26)10-15-12-28-20(22-15)23-8-4-7-17(23)25/h2-3,5-6,12,16H,4,7-11H2,1H3,(H,21,27)/t16-/m0/s1. The van der Waals surface area contributed by atoms with Gasteiger partial charge in [-0.2, -0.15) is 0 Å². The van der Waals surface area contributed by atoms with Crippen molar-refractivity contribution >= 4 is 34.2 Å². The van der Waals surface area contributed by atoms with Crippen LogP contribution in [-0.2, 0) is 33.8 Å². The van der Waals surface area contributed by atoms with Crippen molar-refractivity contribution in [3.05, 3.63) is 46.5 Å². The zero-order chi connectivity index (χ0) is 19.7. The molecule has 0 unspecified atom stereocenters. The van der Waals surface area contributed by atoms with Gasteiger partial charge in [0.05, 0.1) is 12.1 Å². The largest absolute Gasteiger partial charge is 0.357 e. The number of hydrogen-bond donors (Lipinski definition) is 1. The number of benzene rings is 1. The number of thiazole rings is 1. The van der Waals surface area contributed by atoms with Gasteiger partial charge in [-0.15, -0.1) is 11.3 Å². The molecule has 1 saturated heterocycles. The molecule has 0 saturated carbocycles. The van der Waals surface area contributed by atoms with Crippen molar-refractivity contribution in [2.75, 3.05) is 18.5 Å². The summed E-state index contributed by atoms with van der Waals surface area (Å²) >= 11 is 1.38. The molecule has 0 bridgehead atoms. The van der Waals surface area contributed by atoms with Gasteiger partial charge in [0.25, 0.3) is 0 Å². The predicted molar refractivity (Wildman–Crippen MR) is 106 cm³/mol. The second-order valence-electron chi connectivity index (χ2n) is 7.07. The quantitative estimate of drug-likeness (QED) is 0.846. The zero-order valence-corrected chi connectivity index (χ0v) is 16.5. The Bertz CT molecular complexity index is 926. The Morgan fingerprint density at radius 3 is 2.79 bits per heavy atom. The number of hydrogen-bond acceptors (Lipinski definition) is 5. The van der Waals surface area contributed by atoms with Gasteiger partial charge in [0, 0.05) is 38.4 Å². The van der Waals surface area contributed by atoms with Crippen molar-refractivity contribution in [2.24, 2.45) is 0 Å². The molecule has 3 heterocycles. The summed E-state index contributed by atoms with van der Waals surface area (Å²) in [6.07, 6.45) is 2.02. The number of nitrogens with one attached hydrogen (secondary N) is 1. The summed E-state index contributed by atoms with van der Waals surface area (Å²) in [4.78, 5) is 45.1. The fraction of sp³-hybridized carbons (Fsp3) is 0.400. The number of rotatable bonds is 4. The molecule has 1 fully saturated rings. The Morgan fingerprint density at radius 2 is 2.07 bits per heavy atom. The molecule has 1 N–H and O–H groups in total. The van der Waals surface area contributed by atoms with Crippen LogP contribution in [0.5, 0.6) is 0 Å². The minimum absolute atomic E-state index is 0.0829. The van der Waals surface area contributed by atoms with E-state index < -0.39 is 6.04 Å². The SMILES string of the molecule is CNC(=O)[C@@H]1Cc2ccccc2CN1C(=O)Cc1csc(N2CCCC2=O)n1. The third-order valence-corrected chi connectivity index (χ3v) is 6.21. The van der Waals surface area contributed by atoms with Crippen LogP contribution < -0.4 is 10.2 Å². The third-order valence-electron chi connectivity index (χ3n) is 5.29. The van der Waals surface area contributed by atoms with E-state index in [-0.39, 0.29) is 24.1 Å². The predicted octanol–water partition coefficient (Wildman–Crippen LogP) is 1.51. The first-order valence-corrected chi connectivity index (χ1v) is 10.3. The minimum Gasteiger partial charge on any atom is -0.357 e. The molecule has 8 heteroatoms. The third kappa shape index (κ3) is 3.52. The van der Waals surface area contributed by atoms with Crippen LogP contribution in [0.15, 0.2) is 29.6 Å². The lowest BCUT2D eigenvalue weighted by Crippen LogP contribution is -2.52. The number of anilines is 1. The van der Waals surface area contributed by atoms with E-state index in [4.69, 9.17) is 0 Å². The maximum atomic E-state index is 13.0. The molecule has 0 spiro atoms. The molecule has 0 aliphatic carbocycles. The van der Waals surface area contributed by atoms with E-state index in [1.54, 1.807) is 16.8 Å². The van der Waals surface area contributed by atoms with Crippen LogP contribution in [0.4, 0.5) is 5.13 Å². The number of carbonyl (C=O) groups excluding carboxylic acids is 3. The number of aromatic nitrogens is 1. The molecule has 2 aliphatic rings. The Labute approximate surface area is 167 Å². The lowest BCUT2D eigenvalue weighted by molar-refractivity contribution is -0.141. The van der Waals surface area contributed by atoms with Crippen molar-refractivity contribution in [1.82, 2.24) is 15.2 Å². The van der Waals surface area contributed by atoms with E-state index in [0.29, 0.717) is 36.8 Å². The van der Waals surface area contributed by atoms with Crippen molar-refractivity contribution in [2.45, 2.75) is 38.3 Å². The van der Waals surface area contributed by atoms with Crippen LogP contribution in [0.1, 0.15) is 29.7 Å². The lowest BCUT2D eigenvalue weighted by Gasteiger charge is -2.35. The fourth-order valence-electron chi connectivity index (χ4n) is 3.79. The summed E-state index contributed by atoms with van der Waals surface area (Å²) in [7, 11) is 1.59. The van der Waals surface area contributed by atoms with E-state index in [2.05, 4.69) is 10.3 Å². The first-order chi connectivity index (χ1) is 13.6. The van der Waals surface area contributed by atoms with E-state index in [1.807, 2.05) is 29.6 Å². The first-order valence-electron chi connectivity index (χ1n) is 9.39. The lowest BCUT2D eigenvalue weighted by atomic mass is 9.93. The zero-order valence-electron chi connectivity index (χ0n) is 15.7.